The Balaban J connectivity index is 0.000000129. The first-order chi connectivity index (χ1) is 67.3. The number of morpholine rings is 1. The lowest BCUT2D eigenvalue weighted by Crippen LogP contribution is -2.38. The van der Waals surface area contributed by atoms with Crippen LogP contribution < -0.4 is 30.7 Å². The Morgan fingerprint density at radius 1 is 0.386 bits per heavy atom. The maximum atomic E-state index is 13.6. The predicted octanol–water partition coefficient (Wildman–Crippen LogP) is 13.7. The van der Waals surface area contributed by atoms with E-state index in [2.05, 4.69) is 155 Å². The maximum Gasteiger partial charge on any atom is 0.276 e. The summed E-state index contributed by atoms with van der Waals surface area (Å²) < 4.78 is 88.5. The minimum Gasteiger partial charge on any atom is -0.393 e. The van der Waals surface area contributed by atoms with Gasteiger partial charge in [-0.3, -0.25) is 88.6 Å². The molecular formula is C98H100F4N28O8S2. The van der Waals surface area contributed by atoms with Gasteiger partial charge in [0.25, 0.3) is 35.5 Å². The lowest BCUT2D eigenvalue weighted by molar-refractivity contribution is -0.0566. The van der Waals surface area contributed by atoms with E-state index in [-0.39, 0.29) is 55.1 Å². The van der Waals surface area contributed by atoms with Crippen LogP contribution in [0.3, 0.4) is 0 Å². The van der Waals surface area contributed by atoms with Gasteiger partial charge in [0.05, 0.1) is 108 Å². The fourth-order valence-electron chi connectivity index (χ4n) is 16.4. The van der Waals surface area contributed by atoms with Crippen molar-refractivity contribution in [1.29, 1.82) is 0 Å². The number of carbonyl (C=O) groups is 4. The molecule has 0 saturated carbocycles. The molecule has 720 valence electrons. The Bertz CT molecular complexity index is 7420. The molecule has 42 heteroatoms. The number of piperidine rings is 2. The number of aliphatic hydroxyl groups excluding tert-OH is 1. The standard InChI is InChI=1S/C26H27F2N7O2S.C25H25F2N7O2S.C24H25N7O2.C23H23N7O2/c1-38(2,37)34-23-6-4-20(15-30-23)31-25(36)24-21-12-18(3-5-22(21)32-33-24)19-11-17(13-29-14-19)16-35-9-7-26(27,28)8-10-35;1-37(2,36)33-22-6-4-19(13-29-22)30-24(35)23-20-10-17(3-5-21(20)31-32-23)18-9-16(11-28-12-18)14-34-8-7-25(26,27)15-34;1-15-26-12-19(13-27-15)28-24(33)23-21-9-17(2-3-22(21)29-30-23)18-8-16(10-25-11-18)14-31-6-4-20(32)5-7-31;1-15-25-12-19(13-26-15)27-23(31)22-20-9-17(2-3-21(20)28-29-22)18-8-16(10-24-11-18)14-30-4-6-32-7-5-30/h3-6,11-15H,1,7-10,16H2,2H3,(H,31,36)(H,32,33)(H,30,34,37);3-6,9-13H,1,7-8,14-15H2,2H3,(H,30,35)(H,31,32)(H,29,33,36);2-3,8-13,20,32H,4-7,14H2,1H3,(H,28,33)(H,29,30);2-3,8-13H,4-7,14H2,1H3,(H,27,31)(H,28,29). The number of hydrogen-bond acceptors (Lipinski definition) is 26. The topological polar surface area (TPSA) is 461 Å². The number of nitrogens with one attached hydrogen (secondary N) is 10. The van der Waals surface area contributed by atoms with Crippen molar-refractivity contribution in [3.8, 4) is 44.5 Å². The number of carbonyl (C=O) groups excluding carboxylic acids is 4. The number of hydrogen-bond donors (Lipinski definition) is 11. The predicted molar refractivity (Wildman–Crippen MR) is 532 cm³/mol. The van der Waals surface area contributed by atoms with Crippen molar-refractivity contribution in [2.75, 3.05) is 109 Å². The SMILES string of the molecule is C=S(C)(=O)Nc1ccc(NC(=O)c2n[nH]c3ccc(-c4cncc(CN5CCC(F)(F)C5)c4)cc23)cn1.C=S(C)(=O)Nc1ccc(NC(=O)c2n[nH]c3ccc(-c4cncc(CN5CCC(F)(F)CC5)c4)cc23)cn1.Cc1ncc(NC(=O)c2n[nH]c3ccc(-c4cncc(CN5CCC(O)CC5)c4)cc23)cn1.Cc1ncc(NC(=O)c2n[nH]c3ccc(-c4cncc(CN5CCOCC5)c4)cc23)cn1. The third-order valence-corrected chi connectivity index (χ3v) is 24.8. The molecule has 2 atom stereocenters. The molecule has 4 fully saturated rings. The van der Waals surface area contributed by atoms with Crippen LogP contribution in [0.4, 0.5) is 51.9 Å². The molecular weight excluding hydrogens is 1840 g/mol. The molecule has 4 aromatic carbocycles. The molecule has 4 saturated heterocycles. The number of halogens is 4. The monoisotopic (exact) mass is 1940 g/mol. The van der Waals surface area contributed by atoms with Crippen LogP contribution in [0.15, 0.2) is 208 Å². The fraction of sp³-hybridized carbons (Fsp3) is 0.265. The van der Waals surface area contributed by atoms with E-state index < -0.39 is 43.1 Å². The number of aromatic nitrogens is 18. The second kappa shape index (κ2) is 42.4. The van der Waals surface area contributed by atoms with E-state index in [1.54, 1.807) is 92.6 Å². The highest BCUT2D eigenvalue weighted by molar-refractivity contribution is 8.01. The Morgan fingerprint density at radius 3 is 1.00 bits per heavy atom. The van der Waals surface area contributed by atoms with Gasteiger partial charge in [-0.25, -0.2) is 55.9 Å². The van der Waals surface area contributed by atoms with E-state index in [1.807, 2.05) is 115 Å². The van der Waals surface area contributed by atoms with Crippen molar-refractivity contribution in [1.82, 2.24) is 110 Å². The first-order valence-corrected chi connectivity index (χ1v) is 49.1. The van der Waals surface area contributed by atoms with Gasteiger partial charge in [0, 0.05) is 217 Å². The van der Waals surface area contributed by atoms with E-state index in [1.165, 1.54) is 24.9 Å². The van der Waals surface area contributed by atoms with Gasteiger partial charge in [-0.15, -0.1) is 0 Å². The number of likely N-dealkylation sites (tertiary alicyclic amines) is 3. The molecule has 0 spiro atoms. The van der Waals surface area contributed by atoms with E-state index in [4.69, 9.17) is 4.74 Å². The average molecular weight is 1940 g/mol. The number of pyridine rings is 6. The van der Waals surface area contributed by atoms with Gasteiger partial charge >= 0.3 is 0 Å². The highest BCUT2D eigenvalue weighted by Crippen LogP contribution is 2.36. The zero-order chi connectivity index (χ0) is 97.8. The number of anilines is 6. The zero-order valence-corrected chi connectivity index (χ0v) is 78.4. The van der Waals surface area contributed by atoms with Crippen LogP contribution in [-0.4, -0.2) is 255 Å². The van der Waals surface area contributed by atoms with Crippen molar-refractivity contribution in [3.05, 3.63) is 265 Å². The number of benzene rings is 4. The zero-order valence-electron chi connectivity index (χ0n) is 76.7. The second-order valence-electron chi connectivity index (χ2n) is 34.9. The number of aromatic amines is 4. The summed E-state index contributed by atoms with van der Waals surface area (Å²) in [4.78, 5) is 102. The molecule has 2 unspecified atom stereocenters. The number of amides is 4. The van der Waals surface area contributed by atoms with Gasteiger partial charge in [0.2, 0.25) is 0 Å². The quantitative estimate of drug-likeness (QED) is 0.0198. The Hall–Kier alpha value is -15.2. The summed E-state index contributed by atoms with van der Waals surface area (Å²) in [6, 6.07) is 37.6. The van der Waals surface area contributed by atoms with Crippen molar-refractivity contribution >= 4 is 133 Å². The van der Waals surface area contributed by atoms with Crippen LogP contribution in [0.1, 0.15) is 108 Å². The molecule has 20 rings (SSSR count). The van der Waals surface area contributed by atoms with Crippen LogP contribution in [-0.2, 0) is 50.3 Å². The maximum absolute atomic E-state index is 13.6. The number of alkyl halides is 4. The fourth-order valence-corrected chi connectivity index (χ4v) is 17.5. The minimum atomic E-state index is -2.64. The lowest BCUT2D eigenvalue weighted by atomic mass is 10.0. The molecule has 0 radical (unpaired) electrons. The third kappa shape index (κ3) is 25.4. The van der Waals surface area contributed by atoms with E-state index in [0.29, 0.717) is 112 Å². The van der Waals surface area contributed by atoms with Gasteiger partial charge < -0.3 is 31.1 Å². The number of aliphatic hydroxyl groups is 1. The summed E-state index contributed by atoms with van der Waals surface area (Å²) >= 11 is 0. The lowest BCUT2D eigenvalue weighted by Gasteiger charge is -2.31. The summed E-state index contributed by atoms with van der Waals surface area (Å²) in [5.74, 6) is 2.38. The first-order valence-electron chi connectivity index (χ1n) is 44.9. The molecule has 140 heavy (non-hydrogen) atoms. The molecule has 16 heterocycles. The number of aryl methyl sites for hydroxylation is 2. The number of fused-ring (bicyclic) bond motifs is 4. The van der Waals surface area contributed by atoms with Crippen LogP contribution >= 0.6 is 0 Å². The average Bonchev–Trinajstić information content (AvgIpc) is 1.66. The smallest absolute Gasteiger partial charge is 0.276 e. The molecule has 0 aliphatic carbocycles. The number of rotatable bonds is 24. The van der Waals surface area contributed by atoms with Crippen molar-refractivity contribution in [2.45, 2.75) is 90.1 Å². The normalized spacial score (nSPS) is 16.0. The van der Waals surface area contributed by atoms with Crippen molar-refractivity contribution in [3.63, 3.8) is 0 Å². The first kappa shape index (κ1) is 96.5. The van der Waals surface area contributed by atoms with E-state index >= 15 is 0 Å². The molecule has 11 N–H and O–H groups in total. The largest absolute Gasteiger partial charge is 0.393 e. The van der Waals surface area contributed by atoms with Gasteiger partial charge in [-0.1, -0.05) is 24.3 Å². The highest BCUT2D eigenvalue weighted by atomic mass is 32.2. The van der Waals surface area contributed by atoms with Gasteiger partial charge in [0.1, 0.15) is 23.3 Å². The second-order valence-corrected chi connectivity index (χ2v) is 39.4. The molecule has 4 aliphatic heterocycles. The summed E-state index contributed by atoms with van der Waals surface area (Å²) in [5, 5.41) is 52.0. The molecule has 36 nitrogen and oxygen atoms in total. The van der Waals surface area contributed by atoms with Crippen molar-refractivity contribution in [2.24, 2.45) is 0 Å². The summed E-state index contributed by atoms with van der Waals surface area (Å²) in [7, 11) is -4.93. The van der Waals surface area contributed by atoms with Crippen molar-refractivity contribution < 1.29 is 55.0 Å². The van der Waals surface area contributed by atoms with Gasteiger partial charge in [-0.2, -0.15) is 20.4 Å². The Kier molecular flexibility index (Phi) is 29.2. The van der Waals surface area contributed by atoms with Gasteiger partial charge in [-0.05, 0) is 180 Å². The van der Waals surface area contributed by atoms with Gasteiger partial charge in [0.15, 0.2) is 22.8 Å². The minimum absolute atomic E-state index is 0.129. The summed E-state index contributed by atoms with van der Waals surface area (Å²) in [6.07, 6.45) is 27.5. The van der Waals surface area contributed by atoms with Crippen LogP contribution in [0, 0.1) is 13.8 Å². The molecule has 16 aromatic rings. The van der Waals surface area contributed by atoms with Crippen LogP contribution in [0.5, 0.6) is 0 Å². The molecule has 4 amide bonds. The molecule has 0 bridgehead atoms. The number of nitrogens with zero attached hydrogens (tertiary/aromatic N) is 18. The highest BCUT2D eigenvalue weighted by Gasteiger charge is 2.38. The number of ether oxygens (including phenoxy) is 1. The summed E-state index contributed by atoms with van der Waals surface area (Å²) in [5.41, 5.74) is 17.2. The van der Waals surface area contributed by atoms with E-state index in [0.717, 1.165) is 154 Å². The Morgan fingerprint density at radius 2 is 0.686 bits per heavy atom. The van der Waals surface area contributed by atoms with Crippen LogP contribution in [0.25, 0.3) is 88.1 Å². The molecule has 12 aromatic heterocycles. The van der Waals surface area contributed by atoms with E-state index in [9.17, 15) is 50.3 Å². The van der Waals surface area contributed by atoms with Crippen LogP contribution in [0.2, 0.25) is 0 Å². The molecule has 4 aliphatic rings. The Labute approximate surface area is 801 Å². The summed E-state index contributed by atoms with van der Waals surface area (Å²) in [6.45, 7) is 12.1. The third-order valence-electron chi connectivity index (χ3n) is 23.5. The number of H-pyrrole nitrogens is 4.